The highest BCUT2D eigenvalue weighted by Gasteiger charge is 2.07. The minimum Gasteiger partial charge on any atom is -0.396 e. The third-order valence-electron chi connectivity index (χ3n) is 2.57. The van der Waals surface area contributed by atoms with Crippen molar-refractivity contribution in [1.82, 2.24) is 0 Å². The molecule has 88 valence electrons. The molecule has 0 aliphatic carbocycles. The lowest BCUT2D eigenvalue weighted by molar-refractivity contribution is 0.299. The number of hydrogen-bond acceptors (Lipinski definition) is 1. The van der Waals surface area contributed by atoms with Crippen LogP contribution in [0.25, 0.3) is 11.1 Å². The molecule has 0 fully saturated rings. The molecule has 0 atom stereocenters. The number of hydrogen-bond donors (Lipinski definition) is 1. The zero-order chi connectivity index (χ0) is 12.3. The summed E-state index contributed by atoms with van der Waals surface area (Å²) in [6.07, 6.45) is 0.461. The van der Waals surface area contributed by atoms with Gasteiger partial charge in [0.2, 0.25) is 0 Å². The minimum atomic E-state index is -0.394. The average molecular weight is 234 g/mol. The molecule has 0 heterocycles. The molecule has 0 radical (unpaired) electrons. The highest BCUT2D eigenvalue weighted by atomic mass is 19.1. The van der Waals surface area contributed by atoms with Gasteiger partial charge in [0.25, 0.3) is 0 Å². The zero-order valence-corrected chi connectivity index (χ0v) is 9.16. The Bertz CT molecular complexity index is 523. The number of aliphatic hydroxyl groups is 1. The summed E-state index contributed by atoms with van der Waals surface area (Å²) in [6, 6.07) is 10.4. The molecule has 1 nitrogen and oxygen atoms in total. The summed E-state index contributed by atoms with van der Waals surface area (Å²) >= 11 is 0. The Labute approximate surface area is 98.3 Å². The van der Waals surface area contributed by atoms with E-state index in [1.54, 1.807) is 24.3 Å². The van der Waals surface area contributed by atoms with Crippen LogP contribution in [0.15, 0.2) is 42.5 Å². The standard InChI is InChI=1S/C14H12F2O/c15-12-3-1-2-11(9-12)13-8-10(6-7-17)4-5-14(13)16/h1-5,8-9,17H,6-7H2. The Balaban J connectivity index is 2.46. The van der Waals surface area contributed by atoms with Crippen LogP contribution in [0.1, 0.15) is 5.56 Å². The van der Waals surface area contributed by atoms with Crippen LogP contribution in [-0.2, 0) is 6.42 Å². The van der Waals surface area contributed by atoms with Gasteiger partial charge in [-0.25, -0.2) is 8.78 Å². The number of benzene rings is 2. The van der Waals surface area contributed by atoms with E-state index in [-0.39, 0.29) is 6.61 Å². The first-order valence-corrected chi connectivity index (χ1v) is 5.36. The van der Waals surface area contributed by atoms with E-state index in [0.717, 1.165) is 5.56 Å². The summed E-state index contributed by atoms with van der Waals surface area (Å²) in [5.41, 5.74) is 1.69. The number of rotatable bonds is 3. The third kappa shape index (κ3) is 2.68. The van der Waals surface area contributed by atoms with E-state index in [9.17, 15) is 8.78 Å². The summed E-state index contributed by atoms with van der Waals surface area (Å²) in [7, 11) is 0. The Kier molecular flexibility index (Phi) is 3.49. The van der Waals surface area contributed by atoms with E-state index < -0.39 is 11.6 Å². The molecular weight excluding hydrogens is 222 g/mol. The molecule has 0 aliphatic heterocycles. The van der Waals surface area contributed by atoms with Crippen molar-refractivity contribution in [3.05, 3.63) is 59.7 Å². The van der Waals surface area contributed by atoms with Crippen LogP contribution in [0.4, 0.5) is 8.78 Å². The van der Waals surface area contributed by atoms with Gasteiger partial charge in [-0.2, -0.15) is 0 Å². The van der Waals surface area contributed by atoms with E-state index in [1.807, 2.05) is 0 Å². The molecule has 0 aromatic heterocycles. The molecule has 0 amide bonds. The lowest BCUT2D eigenvalue weighted by Crippen LogP contribution is -1.93. The fourth-order valence-electron chi connectivity index (χ4n) is 1.73. The fraction of sp³-hybridized carbons (Fsp3) is 0.143. The van der Waals surface area contributed by atoms with Crippen LogP contribution < -0.4 is 0 Å². The molecule has 0 aliphatic rings. The van der Waals surface area contributed by atoms with Crippen LogP contribution in [-0.4, -0.2) is 11.7 Å². The number of aliphatic hydroxyl groups excluding tert-OH is 1. The van der Waals surface area contributed by atoms with E-state index in [0.29, 0.717) is 17.5 Å². The summed E-state index contributed by atoms with van der Waals surface area (Å²) in [5, 5.41) is 8.84. The first-order chi connectivity index (χ1) is 8.20. The first-order valence-electron chi connectivity index (χ1n) is 5.36. The van der Waals surface area contributed by atoms with Gasteiger partial charge in [-0.05, 0) is 41.8 Å². The van der Waals surface area contributed by atoms with Crippen molar-refractivity contribution in [1.29, 1.82) is 0 Å². The highest BCUT2D eigenvalue weighted by Crippen LogP contribution is 2.24. The topological polar surface area (TPSA) is 20.2 Å². The molecule has 0 spiro atoms. The van der Waals surface area contributed by atoms with Crippen molar-refractivity contribution < 1.29 is 13.9 Å². The summed E-state index contributed by atoms with van der Waals surface area (Å²) in [6.45, 7) is 0.00816. The molecule has 3 heteroatoms. The quantitative estimate of drug-likeness (QED) is 0.864. The normalized spacial score (nSPS) is 10.5. The molecule has 1 N–H and O–H groups in total. The van der Waals surface area contributed by atoms with Gasteiger partial charge >= 0.3 is 0 Å². The molecule has 2 aromatic rings. The minimum absolute atomic E-state index is 0.00816. The molecule has 2 rings (SSSR count). The van der Waals surface area contributed by atoms with E-state index in [2.05, 4.69) is 0 Å². The zero-order valence-electron chi connectivity index (χ0n) is 9.16. The van der Waals surface area contributed by atoms with Gasteiger partial charge in [-0.15, -0.1) is 0 Å². The summed E-state index contributed by atoms with van der Waals surface area (Å²) < 4.78 is 26.7. The third-order valence-corrected chi connectivity index (χ3v) is 2.57. The van der Waals surface area contributed by atoms with Gasteiger partial charge in [0.05, 0.1) is 0 Å². The Morgan fingerprint density at radius 1 is 1.00 bits per heavy atom. The van der Waals surface area contributed by atoms with E-state index >= 15 is 0 Å². The predicted molar refractivity (Wildman–Crippen MR) is 62.6 cm³/mol. The van der Waals surface area contributed by atoms with Gasteiger partial charge in [0.1, 0.15) is 11.6 Å². The van der Waals surface area contributed by atoms with Crippen molar-refractivity contribution in [3.8, 4) is 11.1 Å². The van der Waals surface area contributed by atoms with Gasteiger partial charge in [-0.1, -0.05) is 18.2 Å². The molecule has 0 unspecified atom stereocenters. The van der Waals surface area contributed by atoms with Gasteiger partial charge in [0, 0.05) is 12.2 Å². The Morgan fingerprint density at radius 3 is 2.53 bits per heavy atom. The highest BCUT2D eigenvalue weighted by molar-refractivity contribution is 5.64. The largest absolute Gasteiger partial charge is 0.396 e. The predicted octanol–water partition coefficient (Wildman–Crippen LogP) is 3.17. The smallest absolute Gasteiger partial charge is 0.131 e. The van der Waals surface area contributed by atoms with E-state index in [1.165, 1.54) is 18.2 Å². The number of halogens is 2. The maximum atomic E-state index is 13.6. The van der Waals surface area contributed by atoms with Crippen LogP contribution in [0, 0.1) is 11.6 Å². The molecule has 17 heavy (non-hydrogen) atoms. The molecule has 0 bridgehead atoms. The van der Waals surface area contributed by atoms with Crippen molar-refractivity contribution >= 4 is 0 Å². The second-order valence-electron chi connectivity index (χ2n) is 3.80. The maximum Gasteiger partial charge on any atom is 0.131 e. The lowest BCUT2D eigenvalue weighted by Gasteiger charge is -2.06. The molecule has 0 saturated heterocycles. The van der Waals surface area contributed by atoms with Crippen molar-refractivity contribution in [2.24, 2.45) is 0 Å². The van der Waals surface area contributed by atoms with Crippen LogP contribution in [0.5, 0.6) is 0 Å². The second-order valence-corrected chi connectivity index (χ2v) is 3.80. The fourth-order valence-corrected chi connectivity index (χ4v) is 1.73. The van der Waals surface area contributed by atoms with Gasteiger partial charge in [0.15, 0.2) is 0 Å². The van der Waals surface area contributed by atoms with Gasteiger partial charge < -0.3 is 5.11 Å². The summed E-state index contributed by atoms with van der Waals surface area (Å²) in [4.78, 5) is 0. The monoisotopic (exact) mass is 234 g/mol. The first kappa shape index (κ1) is 11.7. The summed E-state index contributed by atoms with van der Waals surface area (Å²) in [5.74, 6) is -0.785. The second kappa shape index (κ2) is 5.06. The van der Waals surface area contributed by atoms with Crippen molar-refractivity contribution in [3.63, 3.8) is 0 Å². The average Bonchev–Trinajstić information content (AvgIpc) is 2.32. The van der Waals surface area contributed by atoms with E-state index in [4.69, 9.17) is 5.11 Å². The maximum absolute atomic E-state index is 13.6. The molecule has 2 aromatic carbocycles. The van der Waals surface area contributed by atoms with Crippen LogP contribution in [0.3, 0.4) is 0 Å². The Morgan fingerprint density at radius 2 is 1.82 bits per heavy atom. The SMILES string of the molecule is OCCc1ccc(F)c(-c2cccc(F)c2)c1. The van der Waals surface area contributed by atoms with Gasteiger partial charge in [-0.3, -0.25) is 0 Å². The van der Waals surface area contributed by atoms with Crippen molar-refractivity contribution in [2.75, 3.05) is 6.61 Å². The van der Waals surface area contributed by atoms with Crippen LogP contribution >= 0.6 is 0 Å². The lowest BCUT2D eigenvalue weighted by atomic mass is 10.0. The van der Waals surface area contributed by atoms with Crippen molar-refractivity contribution in [2.45, 2.75) is 6.42 Å². The Hall–Kier alpha value is -1.74. The molecule has 0 saturated carbocycles. The van der Waals surface area contributed by atoms with Crippen LogP contribution in [0.2, 0.25) is 0 Å². The molecular formula is C14H12F2O.